The van der Waals surface area contributed by atoms with Gasteiger partial charge in [-0.2, -0.15) is 5.10 Å². The smallest absolute Gasteiger partial charge is 0.272 e. The van der Waals surface area contributed by atoms with Gasteiger partial charge in [-0.15, -0.1) is 0 Å². The van der Waals surface area contributed by atoms with Crippen molar-refractivity contribution in [1.29, 1.82) is 0 Å². The van der Waals surface area contributed by atoms with E-state index in [4.69, 9.17) is 0 Å². The van der Waals surface area contributed by atoms with Crippen molar-refractivity contribution in [2.24, 2.45) is 13.0 Å². The Bertz CT molecular complexity index is 1110. The molecule has 150 valence electrons. The van der Waals surface area contributed by atoms with Crippen molar-refractivity contribution in [1.82, 2.24) is 30.0 Å². The zero-order valence-electron chi connectivity index (χ0n) is 16.1. The predicted octanol–water partition coefficient (Wildman–Crippen LogP) is 0.939. The molecule has 3 heterocycles. The maximum atomic E-state index is 12.6. The van der Waals surface area contributed by atoms with Crippen LogP contribution in [0, 0.1) is 5.92 Å². The number of aromatic amines is 1. The molecule has 0 aliphatic carbocycles. The number of nitrogens with one attached hydrogen (secondary N) is 2. The number of benzene rings is 1. The van der Waals surface area contributed by atoms with Crippen LogP contribution in [0.1, 0.15) is 33.8 Å². The summed E-state index contributed by atoms with van der Waals surface area (Å²) in [5, 5.41) is 8.16. The summed E-state index contributed by atoms with van der Waals surface area (Å²) in [5.74, 6) is -0.128. The monoisotopic (exact) mass is 394 g/mol. The molecule has 0 unspecified atom stereocenters. The Morgan fingerprint density at radius 1 is 1.21 bits per heavy atom. The van der Waals surface area contributed by atoms with E-state index in [0.29, 0.717) is 25.3 Å². The lowest BCUT2D eigenvalue weighted by atomic mass is 9.96. The van der Waals surface area contributed by atoms with Gasteiger partial charge in [0.15, 0.2) is 5.69 Å². The number of carbonyl (C=O) groups is 2. The number of fused-ring (bicyclic) bond motifs is 1. The van der Waals surface area contributed by atoms with Gasteiger partial charge < -0.3 is 15.2 Å². The summed E-state index contributed by atoms with van der Waals surface area (Å²) in [7, 11) is 1.82. The number of hydrogen-bond acceptors (Lipinski definition) is 5. The zero-order valence-corrected chi connectivity index (χ0v) is 16.1. The fraction of sp³-hybridized carbons (Fsp3) is 0.350. The van der Waals surface area contributed by atoms with Crippen molar-refractivity contribution in [3.63, 3.8) is 0 Å². The molecule has 0 atom stereocenters. The van der Waals surface area contributed by atoms with E-state index in [2.05, 4.69) is 20.4 Å². The van der Waals surface area contributed by atoms with E-state index in [1.165, 1.54) is 6.20 Å². The Labute approximate surface area is 166 Å². The van der Waals surface area contributed by atoms with Crippen molar-refractivity contribution in [2.45, 2.75) is 12.8 Å². The Morgan fingerprint density at radius 3 is 2.72 bits per heavy atom. The molecule has 2 aromatic heterocycles. The van der Waals surface area contributed by atoms with Gasteiger partial charge in [-0.25, -0.2) is 0 Å². The summed E-state index contributed by atoms with van der Waals surface area (Å²) in [6, 6.07) is 7.64. The van der Waals surface area contributed by atoms with Gasteiger partial charge in [0, 0.05) is 32.1 Å². The van der Waals surface area contributed by atoms with Crippen LogP contribution in [0.15, 0.2) is 41.5 Å². The van der Waals surface area contributed by atoms with Crippen LogP contribution in [0.4, 0.5) is 0 Å². The molecule has 1 aliphatic heterocycles. The summed E-state index contributed by atoms with van der Waals surface area (Å²) in [6.45, 7) is 1.68. The van der Waals surface area contributed by atoms with Crippen molar-refractivity contribution in [3.05, 3.63) is 58.4 Å². The van der Waals surface area contributed by atoms with E-state index >= 15 is 0 Å². The van der Waals surface area contributed by atoms with Crippen molar-refractivity contribution in [2.75, 3.05) is 19.6 Å². The number of likely N-dealkylation sites (tertiary alicyclic amines) is 1. The normalized spacial score (nSPS) is 14.9. The van der Waals surface area contributed by atoms with Gasteiger partial charge >= 0.3 is 0 Å². The van der Waals surface area contributed by atoms with E-state index in [1.807, 2.05) is 31.3 Å². The highest BCUT2D eigenvalue weighted by Gasteiger charge is 2.25. The van der Waals surface area contributed by atoms with Gasteiger partial charge in [-0.05, 0) is 24.8 Å². The largest absolute Gasteiger partial charge is 0.350 e. The standard InChI is InChI=1S/C20H22N6O3/c1-25-16-5-3-2-4-14(16)18(24-25)19(28)22-10-13-6-8-26(9-7-13)20(29)15-11-21-12-17(27)23-15/h2-5,11-13H,6-10H2,1H3,(H,22,28)(H,23,27). The number of hydrogen-bond donors (Lipinski definition) is 2. The van der Waals surface area contributed by atoms with E-state index < -0.39 is 5.56 Å². The van der Waals surface area contributed by atoms with Crippen molar-refractivity contribution in [3.8, 4) is 0 Å². The molecule has 2 N–H and O–H groups in total. The number of para-hydroxylation sites is 1. The van der Waals surface area contributed by atoms with Crippen LogP contribution in [0.25, 0.3) is 10.9 Å². The van der Waals surface area contributed by atoms with Crippen molar-refractivity contribution < 1.29 is 9.59 Å². The van der Waals surface area contributed by atoms with Crippen LogP contribution in [0.3, 0.4) is 0 Å². The lowest BCUT2D eigenvalue weighted by Gasteiger charge is -2.31. The van der Waals surface area contributed by atoms with Gasteiger partial charge in [-0.3, -0.25) is 24.0 Å². The second-order valence-electron chi connectivity index (χ2n) is 7.25. The molecule has 1 saturated heterocycles. The average molecular weight is 394 g/mol. The number of piperidine rings is 1. The van der Waals surface area contributed by atoms with Crippen LogP contribution in [0.2, 0.25) is 0 Å². The molecule has 0 radical (unpaired) electrons. The predicted molar refractivity (Wildman–Crippen MR) is 107 cm³/mol. The number of aromatic nitrogens is 4. The molecular weight excluding hydrogens is 372 g/mol. The van der Waals surface area contributed by atoms with Crippen molar-refractivity contribution >= 4 is 22.7 Å². The molecule has 9 nitrogen and oxygen atoms in total. The SMILES string of the molecule is Cn1nc(C(=O)NCC2CCN(C(=O)c3cncc(=O)[nH]3)CC2)c2ccccc21. The Kier molecular flexibility index (Phi) is 5.11. The summed E-state index contributed by atoms with van der Waals surface area (Å²) < 4.78 is 1.71. The quantitative estimate of drug-likeness (QED) is 0.684. The molecule has 0 spiro atoms. The van der Waals surface area contributed by atoms with Crippen LogP contribution in [-0.4, -0.2) is 56.1 Å². The topological polar surface area (TPSA) is 113 Å². The summed E-state index contributed by atoms with van der Waals surface area (Å²) in [4.78, 5) is 44.4. The molecule has 1 aromatic carbocycles. The number of rotatable bonds is 4. The van der Waals surface area contributed by atoms with E-state index in [0.717, 1.165) is 29.9 Å². The second-order valence-corrected chi connectivity index (χ2v) is 7.25. The molecule has 1 aliphatic rings. The maximum Gasteiger partial charge on any atom is 0.272 e. The minimum absolute atomic E-state index is 0.187. The number of aryl methyl sites for hydroxylation is 1. The molecule has 9 heteroatoms. The first-order chi connectivity index (χ1) is 14.0. The number of H-pyrrole nitrogens is 1. The van der Waals surface area contributed by atoms with Gasteiger partial charge in [0.2, 0.25) is 0 Å². The third-order valence-corrected chi connectivity index (χ3v) is 5.31. The number of amides is 2. The lowest BCUT2D eigenvalue weighted by Crippen LogP contribution is -2.42. The molecule has 4 rings (SSSR count). The minimum Gasteiger partial charge on any atom is -0.350 e. The highest BCUT2D eigenvalue weighted by Crippen LogP contribution is 2.19. The number of nitrogens with zero attached hydrogens (tertiary/aromatic N) is 4. The molecule has 3 aromatic rings. The first-order valence-electron chi connectivity index (χ1n) is 9.56. The highest BCUT2D eigenvalue weighted by molar-refractivity contribution is 6.04. The summed E-state index contributed by atoms with van der Waals surface area (Å²) in [6.07, 6.45) is 4.06. The first kappa shape index (κ1) is 18.9. The zero-order chi connectivity index (χ0) is 20.4. The molecular formula is C20H22N6O3. The Balaban J connectivity index is 1.32. The highest BCUT2D eigenvalue weighted by atomic mass is 16.2. The second kappa shape index (κ2) is 7.86. The molecule has 2 amide bonds. The molecule has 29 heavy (non-hydrogen) atoms. The third kappa shape index (κ3) is 3.89. The molecule has 0 saturated carbocycles. The van der Waals surface area contributed by atoms with Gasteiger partial charge in [-0.1, -0.05) is 18.2 Å². The summed E-state index contributed by atoms with van der Waals surface area (Å²) >= 11 is 0. The van der Waals surface area contributed by atoms with Gasteiger partial charge in [0.05, 0.1) is 17.9 Å². The maximum absolute atomic E-state index is 12.6. The lowest BCUT2D eigenvalue weighted by molar-refractivity contribution is 0.0677. The fourth-order valence-electron chi connectivity index (χ4n) is 3.70. The van der Waals surface area contributed by atoms with Crippen LogP contribution in [0.5, 0.6) is 0 Å². The average Bonchev–Trinajstić information content (AvgIpc) is 3.09. The van der Waals surface area contributed by atoms with E-state index in [9.17, 15) is 14.4 Å². The summed E-state index contributed by atoms with van der Waals surface area (Å²) in [5.41, 5.74) is 1.15. The Hall–Kier alpha value is -3.49. The van der Waals surface area contributed by atoms with Crippen LogP contribution in [-0.2, 0) is 7.05 Å². The minimum atomic E-state index is -0.393. The van der Waals surface area contributed by atoms with Gasteiger partial charge in [0.1, 0.15) is 5.69 Å². The van der Waals surface area contributed by atoms with Crippen LogP contribution < -0.4 is 10.9 Å². The Morgan fingerprint density at radius 2 is 1.97 bits per heavy atom. The van der Waals surface area contributed by atoms with Gasteiger partial charge in [0.25, 0.3) is 17.4 Å². The number of carbonyl (C=O) groups excluding carboxylic acids is 2. The molecule has 0 bridgehead atoms. The first-order valence-corrected chi connectivity index (χ1v) is 9.56. The molecule has 1 fully saturated rings. The van der Waals surface area contributed by atoms with Crippen LogP contribution >= 0.6 is 0 Å². The fourth-order valence-corrected chi connectivity index (χ4v) is 3.70. The third-order valence-electron chi connectivity index (χ3n) is 5.31. The van der Waals surface area contributed by atoms with E-state index in [1.54, 1.807) is 9.58 Å². The van der Waals surface area contributed by atoms with E-state index in [-0.39, 0.29) is 23.4 Å².